The molecule has 0 spiro atoms. The van der Waals surface area contributed by atoms with Crippen molar-refractivity contribution in [2.24, 2.45) is 0 Å². The number of nitrogens with one attached hydrogen (secondary N) is 2. The van der Waals surface area contributed by atoms with Crippen molar-refractivity contribution in [3.63, 3.8) is 0 Å². The first kappa shape index (κ1) is 30.7. The largest absolute Gasteiger partial charge is 0.326 e. The summed E-state index contributed by atoms with van der Waals surface area (Å²) in [7, 11) is 0. The van der Waals surface area contributed by atoms with Gasteiger partial charge in [-0.25, -0.2) is 0 Å². The number of hydrogen-bond donors (Lipinski definition) is 2. The number of rotatable bonds is 11. The quantitative estimate of drug-likeness (QED) is 0.163. The molecule has 0 saturated heterocycles. The van der Waals surface area contributed by atoms with Crippen molar-refractivity contribution in [3.8, 4) is 0 Å². The predicted octanol–water partition coefficient (Wildman–Crippen LogP) is 8.14. The molecule has 3 amide bonds. The van der Waals surface area contributed by atoms with Crippen molar-refractivity contribution in [1.29, 1.82) is 0 Å². The Labute approximate surface area is 264 Å². The molecule has 4 rings (SSSR count). The lowest BCUT2D eigenvalue weighted by Crippen LogP contribution is -2.42. The molecule has 1 atom stereocenters. The van der Waals surface area contributed by atoms with Gasteiger partial charge in [0.2, 0.25) is 11.8 Å². The van der Waals surface area contributed by atoms with E-state index in [1.807, 2.05) is 78.9 Å². The SMILES string of the molecule is O=C(CCC(=O)N(CCc1ccc(Br)cc1)C(C(=O)Nc1ccc(Br)cc1)c1ccccc1)Nc1ccc(Br)cc1. The van der Waals surface area contributed by atoms with Crippen molar-refractivity contribution in [1.82, 2.24) is 4.90 Å². The maximum Gasteiger partial charge on any atom is 0.251 e. The normalized spacial score (nSPS) is 11.4. The van der Waals surface area contributed by atoms with Crippen LogP contribution in [0.25, 0.3) is 0 Å². The molecule has 0 bridgehead atoms. The third kappa shape index (κ3) is 9.38. The van der Waals surface area contributed by atoms with E-state index in [-0.39, 0.29) is 30.6 Å². The Morgan fingerprint density at radius 2 is 1.15 bits per heavy atom. The molecule has 4 aromatic rings. The third-order valence-corrected chi connectivity index (χ3v) is 7.94. The van der Waals surface area contributed by atoms with E-state index in [1.54, 1.807) is 29.2 Å². The molecule has 1 unspecified atom stereocenters. The van der Waals surface area contributed by atoms with Gasteiger partial charge in [0, 0.05) is 44.2 Å². The second-order valence-corrected chi connectivity index (χ2v) is 12.1. The molecular formula is C32H28Br3N3O3. The number of anilines is 2. The van der Waals surface area contributed by atoms with E-state index in [1.165, 1.54) is 0 Å². The topological polar surface area (TPSA) is 78.5 Å². The summed E-state index contributed by atoms with van der Waals surface area (Å²) in [5.41, 5.74) is 2.98. The second-order valence-electron chi connectivity index (χ2n) is 9.33. The van der Waals surface area contributed by atoms with Crippen LogP contribution in [-0.4, -0.2) is 29.2 Å². The maximum absolute atomic E-state index is 13.8. The minimum absolute atomic E-state index is 0.0144. The summed E-state index contributed by atoms with van der Waals surface area (Å²) in [4.78, 5) is 41.9. The molecular weight excluding hydrogens is 714 g/mol. The molecule has 0 aliphatic carbocycles. The Morgan fingerprint density at radius 1 is 0.634 bits per heavy atom. The van der Waals surface area contributed by atoms with Crippen LogP contribution in [0, 0.1) is 0 Å². The zero-order valence-corrected chi connectivity index (χ0v) is 26.8. The van der Waals surface area contributed by atoms with E-state index in [2.05, 4.69) is 58.4 Å². The Kier molecular flexibility index (Phi) is 11.3. The second kappa shape index (κ2) is 15.1. The minimum Gasteiger partial charge on any atom is -0.326 e. The summed E-state index contributed by atoms with van der Waals surface area (Å²) in [5.74, 6) is -0.890. The molecule has 0 saturated carbocycles. The Balaban J connectivity index is 1.57. The fourth-order valence-corrected chi connectivity index (χ4v) is 5.06. The zero-order chi connectivity index (χ0) is 29.2. The third-order valence-electron chi connectivity index (χ3n) is 6.36. The van der Waals surface area contributed by atoms with Gasteiger partial charge in [-0.05, 0) is 78.2 Å². The number of carbonyl (C=O) groups excluding carboxylic acids is 3. The van der Waals surface area contributed by atoms with Crippen molar-refractivity contribution < 1.29 is 14.4 Å². The molecule has 0 radical (unpaired) electrons. The molecule has 0 aliphatic heterocycles. The Bertz CT molecular complexity index is 1460. The molecule has 0 fully saturated rings. The van der Waals surface area contributed by atoms with E-state index in [4.69, 9.17) is 0 Å². The summed E-state index contributed by atoms with van der Waals surface area (Å²) >= 11 is 10.3. The lowest BCUT2D eigenvalue weighted by Gasteiger charge is -2.31. The van der Waals surface area contributed by atoms with Crippen LogP contribution in [0.4, 0.5) is 11.4 Å². The van der Waals surface area contributed by atoms with E-state index in [9.17, 15) is 14.4 Å². The minimum atomic E-state index is -0.891. The van der Waals surface area contributed by atoms with Crippen LogP contribution in [0.3, 0.4) is 0 Å². The molecule has 4 aromatic carbocycles. The summed E-state index contributed by atoms with van der Waals surface area (Å²) in [5, 5.41) is 5.80. The number of halogens is 3. The molecule has 6 nitrogen and oxygen atoms in total. The molecule has 9 heteroatoms. The van der Waals surface area contributed by atoms with Gasteiger partial charge in [0.1, 0.15) is 6.04 Å². The van der Waals surface area contributed by atoms with Crippen LogP contribution in [0.2, 0.25) is 0 Å². The van der Waals surface area contributed by atoms with Gasteiger partial charge in [0.25, 0.3) is 5.91 Å². The molecule has 0 aliphatic rings. The van der Waals surface area contributed by atoms with Crippen LogP contribution in [0.1, 0.15) is 30.0 Å². The molecule has 0 aromatic heterocycles. The number of amides is 3. The first-order valence-electron chi connectivity index (χ1n) is 13.0. The van der Waals surface area contributed by atoms with E-state index in [0.717, 1.165) is 19.0 Å². The van der Waals surface area contributed by atoms with E-state index < -0.39 is 6.04 Å². The summed E-state index contributed by atoms with van der Waals surface area (Å²) in [6, 6.07) is 30.7. The highest BCUT2D eigenvalue weighted by Crippen LogP contribution is 2.26. The number of carbonyl (C=O) groups is 3. The predicted molar refractivity (Wildman–Crippen MR) is 174 cm³/mol. The molecule has 0 heterocycles. The Morgan fingerprint density at radius 3 is 1.71 bits per heavy atom. The Hall–Kier alpha value is -3.27. The van der Waals surface area contributed by atoms with Crippen molar-refractivity contribution in [3.05, 3.63) is 128 Å². The van der Waals surface area contributed by atoms with Gasteiger partial charge < -0.3 is 15.5 Å². The standard InChI is InChI=1S/C32H28Br3N3O3/c33-24-8-6-22(7-9-24)20-21-38(30(40)19-18-29(39)36-27-14-10-25(34)11-15-27)31(23-4-2-1-3-5-23)32(41)37-28-16-12-26(35)13-17-28/h1-17,31H,18-21H2,(H,36,39)(H,37,41). The van der Waals surface area contributed by atoms with Gasteiger partial charge in [0.15, 0.2) is 0 Å². The highest BCUT2D eigenvalue weighted by atomic mass is 79.9. The first-order chi connectivity index (χ1) is 19.8. The first-order valence-corrected chi connectivity index (χ1v) is 15.4. The number of nitrogens with zero attached hydrogens (tertiary/aromatic N) is 1. The summed E-state index contributed by atoms with van der Waals surface area (Å²) in [6.45, 7) is 0.294. The summed E-state index contributed by atoms with van der Waals surface area (Å²) in [6.07, 6.45) is 0.482. The van der Waals surface area contributed by atoms with Gasteiger partial charge in [-0.2, -0.15) is 0 Å². The highest BCUT2D eigenvalue weighted by molar-refractivity contribution is 9.11. The monoisotopic (exact) mass is 739 g/mol. The average Bonchev–Trinajstić information content (AvgIpc) is 2.97. The average molecular weight is 742 g/mol. The van der Waals surface area contributed by atoms with Crippen LogP contribution in [0.15, 0.2) is 117 Å². The van der Waals surface area contributed by atoms with Gasteiger partial charge >= 0.3 is 0 Å². The highest BCUT2D eigenvalue weighted by Gasteiger charge is 2.31. The van der Waals surface area contributed by atoms with Crippen LogP contribution < -0.4 is 10.6 Å². The summed E-state index contributed by atoms with van der Waals surface area (Å²) < 4.78 is 2.75. The molecule has 2 N–H and O–H groups in total. The van der Waals surface area contributed by atoms with Crippen molar-refractivity contribution >= 4 is 76.9 Å². The van der Waals surface area contributed by atoms with Crippen molar-refractivity contribution in [2.75, 3.05) is 17.2 Å². The van der Waals surface area contributed by atoms with E-state index >= 15 is 0 Å². The molecule has 41 heavy (non-hydrogen) atoms. The van der Waals surface area contributed by atoms with Crippen LogP contribution in [-0.2, 0) is 20.8 Å². The lowest BCUT2D eigenvalue weighted by atomic mass is 10.0. The van der Waals surface area contributed by atoms with E-state index in [0.29, 0.717) is 29.9 Å². The molecule has 210 valence electrons. The van der Waals surface area contributed by atoms with Crippen LogP contribution in [0.5, 0.6) is 0 Å². The maximum atomic E-state index is 13.8. The lowest BCUT2D eigenvalue weighted by molar-refractivity contribution is -0.139. The van der Waals surface area contributed by atoms with Gasteiger partial charge in [-0.1, -0.05) is 90.3 Å². The fraction of sp³-hybridized carbons (Fsp3) is 0.156. The fourth-order valence-electron chi connectivity index (χ4n) is 4.27. The zero-order valence-electron chi connectivity index (χ0n) is 22.0. The van der Waals surface area contributed by atoms with Gasteiger partial charge in [0.05, 0.1) is 0 Å². The number of benzene rings is 4. The van der Waals surface area contributed by atoms with Crippen molar-refractivity contribution in [2.45, 2.75) is 25.3 Å². The van der Waals surface area contributed by atoms with Crippen LogP contribution >= 0.6 is 47.8 Å². The smallest absolute Gasteiger partial charge is 0.251 e. The van der Waals surface area contributed by atoms with Gasteiger partial charge in [-0.3, -0.25) is 14.4 Å². The van der Waals surface area contributed by atoms with Gasteiger partial charge in [-0.15, -0.1) is 0 Å². The number of hydrogen-bond acceptors (Lipinski definition) is 3.